The van der Waals surface area contributed by atoms with Crippen LogP contribution >= 0.6 is 0 Å². The van der Waals surface area contributed by atoms with Crippen molar-refractivity contribution in [3.05, 3.63) is 0 Å². The predicted octanol–water partition coefficient (Wildman–Crippen LogP) is -1.29. The number of rotatable bonds is 5. The summed E-state index contributed by atoms with van der Waals surface area (Å²) in [5, 5.41) is 26.9. The molecule has 1 aliphatic heterocycles. The van der Waals surface area contributed by atoms with E-state index in [1.807, 2.05) is 0 Å². The molecule has 1 rings (SSSR count). The minimum absolute atomic E-state index is 0.0506. The molecule has 0 radical (unpaired) electrons. The van der Waals surface area contributed by atoms with Gasteiger partial charge in [-0.25, -0.2) is 0 Å². The normalized spacial score (nSPS) is 23.3. The molecule has 0 saturated carbocycles. The highest BCUT2D eigenvalue weighted by Crippen LogP contribution is 2.21. The van der Waals surface area contributed by atoms with Crippen LogP contribution in [-0.4, -0.2) is 54.1 Å². The van der Waals surface area contributed by atoms with Gasteiger partial charge >= 0.3 is 0 Å². The summed E-state index contributed by atoms with van der Waals surface area (Å²) < 4.78 is 10.4. The van der Waals surface area contributed by atoms with Crippen molar-refractivity contribution in [3.8, 4) is 0 Å². The van der Waals surface area contributed by atoms with Gasteiger partial charge in [0.15, 0.2) is 6.29 Å². The quantitative estimate of drug-likeness (QED) is 0.505. The van der Waals surface area contributed by atoms with Crippen molar-refractivity contribution in [1.29, 1.82) is 0 Å². The van der Waals surface area contributed by atoms with E-state index in [9.17, 15) is 5.11 Å². The molecule has 0 unspecified atom stereocenters. The average molecular weight is 192 g/mol. The summed E-state index contributed by atoms with van der Waals surface area (Å²) in [6.45, 7) is 0.619. The smallest absolute Gasteiger partial charge is 0.163 e. The van der Waals surface area contributed by atoms with E-state index in [0.29, 0.717) is 19.6 Å². The zero-order valence-corrected chi connectivity index (χ0v) is 7.43. The van der Waals surface area contributed by atoms with Crippen LogP contribution in [0, 0.1) is 5.92 Å². The highest BCUT2D eigenvalue weighted by molar-refractivity contribution is 4.73. The van der Waals surface area contributed by atoms with Gasteiger partial charge in [0.25, 0.3) is 0 Å². The van der Waals surface area contributed by atoms with Gasteiger partial charge in [-0.05, 0) is 6.42 Å². The Morgan fingerprint density at radius 3 is 2.31 bits per heavy atom. The third-order valence-corrected chi connectivity index (χ3v) is 2.14. The predicted molar refractivity (Wildman–Crippen MR) is 44.0 cm³/mol. The van der Waals surface area contributed by atoms with Crippen LogP contribution in [0.3, 0.4) is 0 Å². The molecule has 0 aromatic carbocycles. The zero-order valence-electron chi connectivity index (χ0n) is 7.43. The fraction of sp³-hybridized carbons (Fsp3) is 1.00. The molecule has 0 bridgehead atoms. The lowest BCUT2D eigenvalue weighted by atomic mass is 9.99. The van der Waals surface area contributed by atoms with Crippen LogP contribution in [0.5, 0.6) is 0 Å². The first kappa shape index (κ1) is 10.9. The second kappa shape index (κ2) is 5.51. The highest BCUT2D eigenvalue weighted by atomic mass is 16.7. The summed E-state index contributed by atoms with van der Waals surface area (Å²) in [5.74, 6) is -0.350. The summed E-state index contributed by atoms with van der Waals surface area (Å²) in [5.41, 5.74) is 0. The molecule has 0 amide bonds. The van der Waals surface area contributed by atoms with Crippen molar-refractivity contribution < 1.29 is 24.8 Å². The van der Waals surface area contributed by atoms with Gasteiger partial charge in [0, 0.05) is 12.5 Å². The molecule has 3 N–H and O–H groups in total. The van der Waals surface area contributed by atoms with Crippen LogP contribution in [0.25, 0.3) is 0 Å². The minimum atomic E-state index is -0.893. The van der Waals surface area contributed by atoms with Crippen LogP contribution in [0.15, 0.2) is 0 Å². The molecule has 5 heteroatoms. The number of aliphatic hydroxyl groups is 3. The summed E-state index contributed by atoms with van der Waals surface area (Å²) in [7, 11) is 0. The molecule has 0 aromatic rings. The third kappa shape index (κ3) is 2.89. The first-order valence-electron chi connectivity index (χ1n) is 4.42. The summed E-state index contributed by atoms with van der Waals surface area (Å²) in [6, 6.07) is 0. The van der Waals surface area contributed by atoms with Gasteiger partial charge in [0.05, 0.1) is 25.9 Å². The molecule has 5 nitrogen and oxygen atoms in total. The van der Waals surface area contributed by atoms with Gasteiger partial charge in [-0.1, -0.05) is 0 Å². The lowest BCUT2D eigenvalue weighted by Crippen LogP contribution is -2.35. The second-order valence-electron chi connectivity index (χ2n) is 3.04. The Balaban J connectivity index is 2.44. The van der Waals surface area contributed by atoms with E-state index in [-0.39, 0.29) is 19.1 Å². The molecule has 2 atom stereocenters. The fourth-order valence-corrected chi connectivity index (χ4v) is 1.42. The van der Waals surface area contributed by atoms with Gasteiger partial charge in [-0.2, -0.15) is 0 Å². The van der Waals surface area contributed by atoms with Crippen LogP contribution < -0.4 is 0 Å². The third-order valence-electron chi connectivity index (χ3n) is 2.14. The first-order chi connectivity index (χ1) is 6.29. The first-order valence-corrected chi connectivity index (χ1v) is 4.42. The summed E-state index contributed by atoms with van der Waals surface area (Å²) in [4.78, 5) is 0. The Morgan fingerprint density at radius 2 is 1.85 bits per heavy atom. The number of hydrogen-bond donors (Lipinski definition) is 3. The minimum Gasteiger partial charge on any atom is -0.396 e. The van der Waals surface area contributed by atoms with Gasteiger partial charge < -0.3 is 24.8 Å². The molecule has 1 fully saturated rings. The lowest BCUT2D eigenvalue weighted by molar-refractivity contribution is -0.129. The molecule has 0 spiro atoms. The van der Waals surface area contributed by atoms with E-state index in [0.717, 1.165) is 0 Å². The van der Waals surface area contributed by atoms with Crippen LogP contribution in [-0.2, 0) is 9.47 Å². The SMILES string of the molecule is OCC[C@H](C1OCCO1)[C@H](O)CO. The van der Waals surface area contributed by atoms with Crippen LogP contribution in [0.4, 0.5) is 0 Å². The van der Waals surface area contributed by atoms with Crippen molar-refractivity contribution in [1.82, 2.24) is 0 Å². The highest BCUT2D eigenvalue weighted by Gasteiger charge is 2.31. The van der Waals surface area contributed by atoms with E-state index in [1.54, 1.807) is 0 Å². The fourth-order valence-electron chi connectivity index (χ4n) is 1.42. The Morgan fingerprint density at radius 1 is 1.23 bits per heavy atom. The second-order valence-corrected chi connectivity index (χ2v) is 3.04. The standard InChI is InChI=1S/C8H16O5/c9-2-1-6(7(11)5-10)8-12-3-4-13-8/h6-11H,1-5H2/t6-,7+/m0/s1. The molecule has 13 heavy (non-hydrogen) atoms. The molecular weight excluding hydrogens is 176 g/mol. The molecule has 0 aromatic heterocycles. The van der Waals surface area contributed by atoms with Gasteiger partial charge in [0.1, 0.15) is 0 Å². The van der Waals surface area contributed by atoms with E-state index in [1.165, 1.54) is 0 Å². The number of aliphatic hydroxyl groups excluding tert-OH is 3. The molecule has 1 saturated heterocycles. The van der Waals surface area contributed by atoms with Crippen molar-refractivity contribution in [3.63, 3.8) is 0 Å². The molecule has 1 aliphatic rings. The number of ether oxygens (including phenoxy) is 2. The van der Waals surface area contributed by atoms with Crippen LogP contribution in [0.2, 0.25) is 0 Å². The largest absolute Gasteiger partial charge is 0.396 e. The Labute approximate surface area is 76.9 Å². The maximum Gasteiger partial charge on any atom is 0.163 e. The van der Waals surface area contributed by atoms with E-state index < -0.39 is 12.4 Å². The summed E-state index contributed by atoms with van der Waals surface area (Å²) in [6.07, 6.45) is -1.02. The van der Waals surface area contributed by atoms with Crippen molar-refractivity contribution in [2.75, 3.05) is 26.4 Å². The van der Waals surface area contributed by atoms with Gasteiger partial charge in [-0.3, -0.25) is 0 Å². The number of hydrogen-bond acceptors (Lipinski definition) is 5. The van der Waals surface area contributed by atoms with Crippen molar-refractivity contribution in [2.24, 2.45) is 5.92 Å². The van der Waals surface area contributed by atoms with Crippen molar-refractivity contribution in [2.45, 2.75) is 18.8 Å². The Bertz CT molecular complexity index is 134. The lowest BCUT2D eigenvalue weighted by Gasteiger charge is -2.24. The topological polar surface area (TPSA) is 79.2 Å². The van der Waals surface area contributed by atoms with Gasteiger partial charge in [-0.15, -0.1) is 0 Å². The monoisotopic (exact) mass is 192 g/mol. The Kier molecular flexibility index (Phi) is 4.61. The summed E-state index contributed by atoms with van der Waals surface area (Å²) >= 11 is 0. The van der Waals surface area contributed by atoms with Gasteiger partial charge in [0.2, 0.25) is 0 Å². The Hall–Kier alpha value is -0.200. The maximum atomic E-state index is 9.39. The maximum absolute atomic E-state index is 9.39. The van der Waals surface area contributed by atoms with Crippen molar-refractivity contribution >= 4 is 0 Å². The van der Waals surface area contributed by atoms with E-state index in [2.05, 4.69) is 0 Å². The molecule has 0 aliphatic carbocycles. The van der Waals surface area contributed by atoms with Crippen LogP contribution in [0.1, 0.15) is 6.42 Å². The van der Waals surface area contributed by atoms with E-state index in [4.69, 9.17) is 19.7 Å². The molecular formula is C8H16O5. The zero-order chi connectivity index (χ0) is 9.68. The molecule has 78 valence electrons. The average Bonchev–Trinajstić information content (AvgIpc) is 2.65. The van der Waals surface area contributed by atoms with E-state index >= 15 is 0 Å². The molecule has 1 heterocycles.